The molecule has 0 unspecified atom stereocenters. The van der Waals surface area contributed by atoms with Crippen LogP contribution in [0, 0.1) is 6.92 Å². The van der Waals surface area contributed by atoms with Gasteiger partial charge >= 0.3 is 11.7 Å². The third-order valence-corrected chi connectivity index (χ3v) is 5.95. The molecule has 0 spiro atoms. The van der Waals surface area contributed by atoms with Gasteiger partial charge in [0.05, 0.1) is 12.2 Å². The number of aromatic amines is 1. The van der Waals surface area contributed by atoms with Crippen molar-refractivity contribution >= 4 is 22.7 Å². The number of fused-ring (bicyclic) bond motifs is 2. The molecule has 7 nitrogen and oxygen atoms in total. The Balaban J connectivity index is 1.35. The van der Waals surface area contributed by atoms with Gasteiger partial charge < -0.3 is 14.6 Å². The smallest absolute Gasteiger partial charge is 0.336 e. The molecule has 7 heteroatoms. The van der Waals surface area contributed by atoms with Crippen LogP contribution in [0.5, 0.6) is 0 Å². The molecule has 2 aliphatic rings. The molecule has 1 aliphatic carbocycles. The second-order valence-corrected chi connectivity index (χ2v) is 7.75. The summed E-state index contributed by atoms with van der Waals surface area (Å²) in [4.78, 5) is 26.3. The zero-order chi connectivity index (χ0) is 19.3. The highest BCUT2D eigenvalue weighted by atomic mass is 16.4. The van der Waals surface area contributed by atoms with Crippen LogP contribution in [0.2, 0.25) is 0 Å². The van der Waals surface area contributed by atoms with Crippen LogP contribution >= 0.6 is 0 Å². The number of aryl methyl sites for hydroxylation is 1. The normalized spacial score (nSPS) is 16.7. The van der Waals surface area contributed by atoms with Crippen LogP contribution in [-0.4, -0.2) is 27.7 Å². The van der Waals surface area contributed by atoms with Crippen LogP contribution in [0.1, 0.15) is 47.7 Å². The maximum Gasteiger partial charge on any atom is 0.336 e. The molecular weight excluding hydrogens is 356 g/mol. The van der Waals surface area contributed by atoms with Crippen molar-refractivity contribution in [2.75, 3.05) is 11.9 Å². The van der Waals surface area contributed by atoms with E-state index in [9.17, 15) is 9.59 Å². The number of nitrogens with one attached hydrogen (secondary N) is 2. The Morgan fingerprint density at radius 1 is 1.32 bits per heavy atom. The first-order valence-corrected chi connectivity index (χ1v) is 9.75. The maximum atomic E-state index is 12.8. The molecule has 1 aromatic carbocycles. The van der Waals surface area contributed by atoms with Crippen molar-refractivity contribution in [1.82, 2.24) is 15.1 Å². The molecule has 2 N–H and O–H groups in total. The highest BCUT2D eigenvalue weighted by molar-refractivity contribution is 5.92. The van der Waals surface area contributed by atoms with Gasteiger partial charge in [0, 0.05) is 53.3 Å². The summed E-state index contributed by atoms with van der Waals surface area (Å²) in [6, 6.07) is 6.72. The van der Waals surface area contributed by atoms with E-state index in [0.717, 1.165) is 28.8 Å². The quantitative estimate of drug-likeness (QED) is 0.666. The molecule has 5 rings (SSSR count). The lowest BCUT2D eigenvalue weighted by molar-refractivity contribution is 0.205. The second kappa shape index (κ2) is 6.51. The van der Waals surface area contributed by atoms with E-state index in [4.69, 9.17) is 4.42 Å². The Hall–Kier alpha value is -3.09. The van der Waals surface area contributed by atoms with Crippen LogP contribution in [0.15, 0.2) is 33.5 Å². The van der Waals surface area contributed by atoms with Crippen molar-refractivity contribution < 1.29 is 9.21 Å². The number of amides is 2. The number of carbonyl (C=O) groups excluding carboxylic acids is 1. The Kier molecular flexibility index (Phi) is 3.96. The molecule has 2 aromatic heterocycles. The molecule has 3 heterocycles. The topological polar surface area (TPSA) is 91.2 Å². The summed E-state index contributed by atoms with van der Waals surface area (Å²) in [7, 11) is 0. The van der Waals surface area contributed by atoms with E-state index < -0.39 is 0 Å². The monoisotopic (exact) mass is 378 g/mol. The number of rotatable bonds is 2. The zero-order valence-electron chi connectivity index (χ0n) is 15.7. The largest absolute Gasteiger partial charge is 0.423 e. The van der Waals surface area contributed by atoms with Crippen LogP contribution in [0.3, 0.4) is 0 Å². The lowest BCUT2D eigenvalue weighted by atomic mass is 9.81. The van der Waals surface area contributed by atoms with E-state index in [1.807, 2.05) is 24.0 Å². The highest BCUT2D eigenvalue weighted by Gasteiger charge is 2.30. The van der Waals surface area contributed by atoms with E-state index in [-0.39, 0.29) is 11.7 Å². The number of H-pyrrole nitrogens is 1. The summed E-state index contributed by atoms with van der Waals surface area (Å²) >= 11 is 0. The van der Waals surface area contributed by atoms with Crippen molar-refractivity contribution in [3.05, 3.63) is 57.2 Å². The molecule has 144 valence electrons. The van der Waals surface area contributed by atoms with Gasteiger partial charge in [0.1, 0.15) is 5.58 Å². The molecule has 1 aliphatic heterocycles. The molecule has 2 amide bonds. The van der Waals surface area contributed by atoms with Crippen molar-refractivity contribution in [3.8, 4) is 0 Å². The van der Waals surface area contributed by atoms with Gasteiger partial charge in [0.2, 0.25) is 0 Å². The molecule has 0 radical (unpaired) electrons. The minimum Gasteiger partial charge on any atom is -0.423 e. The molecular formula is C21H22N4O3. The number of hydrogen-bond acceptors (Lipinski definition) is 4. The number of nitrogens with zero attached hydrogens (tertiary/aromatic N) is 2. The predicted molar refractivity (Wildman–Crippen MR) is 106 cm³/mol. The SMILES string of the molecule is Cc1cc(=O)oc2cc(NC(=O)N3CCc4[nH]nc(C5CCC5)c4C3)ccc12. The summed E-state index contributed by atoms with van der Waals surface area (Å²) in [5.41, 5.74) is 5.05. The highest BCUT2D eigenvalue weighted by Crippen LogP contribution is 2.38. The third-order valence-electron chi connectivity index (χ3n) is 5.95. The Morgan fingerprint density at radius 2 is 2.18 bits per heavy atom. The first-order chi connectivity index (χ1) is 13.6. The van der Waals surface area contributed by atoms with E-state index in [1.54, 1.807) is 6.07 Å². The molecule has 28 heavy (non-hydrogen) atoms. The number of anilines is 1. The summed E-state index contributed by atoms with van der Waals surface area (Å²) < 4.78 is 5.27. The van der Waals surface area contributed by atoms with Crippen molar-refractivity contribution in [2.24, 2.45) is 0 Å². The van der Waals surface area contributed by atoms with Crippen molar-refractivity contribution in [2.45, 2.75) is 45.1 Å². The molecule has 1 fully saturated rings. The van der Waals surface area contributed by atoms with Crippen LogP contribution < -0.4 is 10.9 Å². The fourth-order valence-electron chi connectivity index (χ4n) is 4.12. The van der Waals surface area contributed by atoms with Crippen LogP contribution in [-0.2, 0) is 13.0 Å². The molecule has 0 saturated heterocycles. The predicted octanol–water partition coefficient (Wildman–Crippen LogP) is 3.68. The molecule has 0 atom stereocenters. The van der Waals surface area contributed by atoms with Gasteiger partial charge in [-0.3, -0.25) is 5.10 Å². The van der Waals surface area contributed by atoms with Crippen LogP contribution in [0.25, 0.3) is 11.0 Å². The summed E-state index contributed by atoms with van der Waals surface area (Å²) in [5.74, 6) is 0.537. The van der Waals surface area contributed by atoms with Gasteiger partial charge in [-0.1, -0.05) is 6.42 Å². The first-order valence-electron chi connectivity index (χ1n) is 9.75. The van der Waals surface area contributed by atoms with E-state index in [0.29, 0.717) is 30.3 Å². The van der Waals surface area contributed by atoms with E-state index in [2.05, 4.69) is 15.5 Å². The average molecular weight is 378 g/mol. The molecule has 1 saturated carbocycles. The number of benzene rings is 1. The fourth-order valence-corrected chi connectivity index (χ4v) is 4.12. The van der Waals surface area contributed by atoms with Gasteiger partial charge in [0.25, 0.3) is 0 Å². The van der Waals surface area contributed by atoms with E-state index >= 15 is 0 Å². The first kappa shape index (κ1) is 17.0. The van der Waals surface area contributed by atoms with Crippen molar-refractivity contribution in [1.29, 1.82) is 0 Å². The lowest BCUT2D eigenvalue weighted by Crippen LogP contribution is -2.39. The van der Waals surface area contributed by atoms with Gasteiger partial charge in [0.15, 0.2) is 0 Å². The number of hydrogen-bond donors (Lipinski definition) is 2. The molecule has 0 bridgehead atoms. The van der Waals surface area contributed by atoms with Gasteiger partial charge in [-0.25, -0.2) is 9.59 Å². The standard InChI is InChI=1S/C21H22N4O3/c1-12-9-19(26)28-18-10-14(5-6-15(12)18)22-21(27)25-8-7-17-16(11-25)20(24-23-17)13-3-2-4-13/h5-6,9-10,13H,2-4,7-8,11H2,1H3,(H,22,27)(H,23,24). The van der Waals surface area contributed by atoms with Crippen LogP contribution in [0.4, 0.5) is 10.5 Å². The Labute approximate surface area is 161 Å². The van der Waals surface area contributed by atoms with Gasteiger partial charge in [-0.2, -0.15) is 5.10 Å². The summed E-state index contributed by atoms with van der Waals surface area (Å²) in [5, 5.41) is 11.5. The molecule has 3 aromatic rings. The van der Waals surface area contributed by atoms with E-state index in [1.165, 1.54) is 30.9 Å². The fraction of sp³-hybridized carbons (Fsp3) is 0.381. The number of carbonyl (C=O) groups is 1. The zero-order valence-corrected chi connectivity index (χ0v) is 15.7. The Morgan fingerprint density at radius 3 is 2.96 bits per heavy atom. The maximum absolute atomic E-state index is 12.8. The van der Waals surface area contributed by atoms with Gasteiger partial charge in [-0.15, -0.1) is 0 Å². The van der Waals surface area contributed by atoms with Gasteiger partial charge in [-0.05, 0) is 37.5 Å². The summed E-state index contributed by atoms with van der Waals surface area (Å²) in [6.45, 7) is 3.09. The minimum atomic E-state index is -0.388. The minimum absolute atomic E-state index is 0.152. The third kappa shape index (κ3) is 2.87. The Bertz CT molecular complexity index is 1130. The number of aromatic nitrogens is 2. The van der Waals surface area contributed by atoms with Crippen molar-refractivity contribution in [3.63, 3.8) is 0 Å². The second-order valence-electron chi connectivity index (χ2n) is 7.75. The number of urea groups is 1. The average Bonchev–Trinajstić information content (AvgIpc) is 3.02. The summed E-state index contributed by atoms with van der Waals surface area (Å²) in [6.07, 6.45) is 4.42. The lowest BCUT2D eigenvalue weighted by Gasteiger charge is -2.30.